The third-order valence-corrected chi connectivity index (χ3v) is 5.74. The molecule has 2 aromatic heterocycles. The molecular weight excluding hydrogens is 438 g/mol. The standard InChI is InChI=1S/C23H23N7O4/c1-16-5-7-17(8-6-16)22-24-20(33-26-22)14-28-9-11-29(12-10-28)15-21-25-23(27-34-21)18-3-2-4-19(13-18)30(31)32/h2-8,13H,9-12,14-15H2,1H3. The van der Waals surface area contributed by atoms with Gasteiger partial charge >= 0.3 is 0 Å². The summed E-state index contributed by atoms with van der Waals surface area (Å²) in [6.45, 7) is 6.50. The summed E-state index contributed by atoms with van der Waals surface area (Å²) in [5.74, 6) is 2.03. The maximum Gasteiger partial charge on any atom is 0.270 e. The van der Waals surface area contributed by atoms with Gasteiger partial charge in [0.05, 0.1) is 18.0 Å². The Morgan fingerprint density at radius 2 is 1.41 bits per heavy atom. The van der Waals surface area contributed by atoms with Gasteiger partial charge in [0.25, 0.3) is 5.69 Å². The van der Waals surface area contributed by atoms with Crippen LogP contribution >= 0.6 is 0 Å². The van der Waals surface area contributed by atoms with Crippen molar-refractivity contribution in [3.63, 3.8) is 0 Å². The first-order chi connectivity index (χ1) is 16.5. The molecule has 1 aliphatic heterocycles. The molecule has 34 heavy (non-hydrogen) atoms. The van der Waals surface area contributed by atoms with Gasteiger partial charge in [-0.3, -0.25) is 19.9 Å². The van der Waals surface area contributed by atoms with Crippen molar-refractivity contribution < 1.29 is 14.0 Å². The fraction of sp³-hybridized carbons (Fsp3) is 0.304. The fourth-order valence-corrected chi connectivity index (χ4v) is 3.82. The van der Waals surface area contributed by atoms with Crippen molar-refractivity contribution in [3.05, 3.63) is 76.0 Å². The summed E-state index contributed by atoms with van der Waals surface area (Å²) in [7, 11) is 0. The van der Waals surface area contributed by atoms with E-state index in [0.717, 1.165) is 31.7 Å². The number of nitro benzene ring substituents is 1. The Hall–Kier alpha value is -3.96. The number of aromatic nitrogens is 4. The molecule has 0 unspecified atom stereocenters. The highest BCUT2D eigenvalue weighted by molar-refractivity contribution is 5.58. The number of piperazine rings is 1. The SMILES string of the molecule is Cc1ccc(-c2noc(CN3CCN(Cc4nc(-c5cccc([N+](=O)[O-])c5)no4)CC3)n2)cc1. The Morgan fingerprint density at radius 1 is 0.853 bits per heavy atom. The quantitative estimate of drug-likeness (QED) is 0.299. The molecule has 2 aromatic carbocycles. The summed E-state index contributed by atoms with van der Waals surface area (Å²) in [5.41, 5.74) is 2.67. The summed E-state index contributed by atoms with van der Waals surface area (Å²) in [6.07, 6.45) is 0. The highest BCUT2D eigenvalue weighted by atomic mass is 16.6. The van der Waals surface area contributed by atoms with Crippen molar-refractivity contribution >= 4 is 5.69 Å². The lowest BCUT2D eigenvalue weighted by molar-refractivity contribution is -0.384. The van der Waals surface area contributed by atoms with E-state index in [-0.39, 0.29) is 5.69 Å². The van der Waals surface area contributed by atoms with Gasteiger partial charge in [-0.2, -0.15) is 9.97 Å². The van der Waals surface area contributed by atoms with E-state index >= 15 is 0 Å². The van der Waals surface area contributed by atoms with Gasteiger partial charge in [-0.15, -0.1) is 0 Å². The van der Waals surface area contributed by atoms with Crippen molar-refractivity contribution in [2.24, 2.45) is 0 Å². The zero-order chi connectivity index (χ0) is 23.5. The largest absolute Gasteiger partial charge is 0.338 e. The average Bonchev–Trinajstić information content (AvgIpc) is 3.51. The minimum atomic E-state index is -0.443. The molecule has 1 saturated heterocycles. The number of benzene rings is 2. The first kappa shape index (κ1) is 21.9. The molecule has 0 N–H and O–H groups in total. The highest BCUT2D eigenvalue weighted by Crippen LogP contribution is 2.22. The van der Waals surface area contributed by atoms with Crippen LogP contribution in [0.3, 0.4) is 0 Å². The molecule has 11 nitrogen and oxygen atoms in total. The Balaban J connectivity index is 1.13. The van der Waals surface area contributed by atoms with Crippen molar-refractivity contribution in [1.29, 1.82) is 0 Å². The Morgan fingerprint density at radius 3 is 1.97 bits per heavy atom. The maximum atomic E-state index is 11.0. The van der Waals surface area contributed by atoms with E-state index in [1.54, 1.807) is 12.1 Å². The molecule has 11 heteroatoms. The van der Waals surface area contributed by atoms with Gasteiger partial charge in [0.15, 0.2) is 0 Å². The molecule has 0 amide bonds. The van der Waals surface area contributed by atoms with Crippen LogP contribution in [0.5, 0.6) is 0 Å². The lowest BCUT2D eigenvalue weighted by Gasteiger charge is -2.32. The average molecular weight is 461 g/mol. The third-order valence-electron chi connectivity index (χ3n) is 5.74. The van der Waals surface area contributed by atoms with E-state index in [4.69, 9.17) is 9.05 Å². The van der Waals surface area contributed by atoms with E-state index in [9.17, 15) is 10.1 Å². The van der Waals surface area contributed by atoms with E-state index in [0.29, 0.717) is 42.1 Å². The molecular formula is C23H23N7O4. The molecule has 1 aliphatic rings. The summed E-state index contributed by atoms with van der Waals surface area (Å²) >= 11 is 0. The second-order valence-corrected chi connectivity index (χ2v) is 8.25. The zero-order valence-corrected chi connectivity index (χ0v) is 18.6. The minimum Gasteiger partial charge on any atom is -0.338 e. The lowest BCUT2D eigenvalue weighted by atomic mass is 10.1. The van der Waals surface area contributed by atoms with Gasteiger partial charge in [0, 0.05) is 49.4 Å². The molecule has 3 heterocycles. The van der Waals surface area contributed by atoms with Crippen molar-refractivity contribution in [2.75, 3.05) is 26.2 Å². The van der Waals surface area contributed by atoms with Crippen molar-refractivity contribution in [2.45, 2.75) is 20.0 Å². The number of non-ortho nitro benzene ring substituents is 1. The molecule has 5 rings (SSSR count). The number of rotatable bonds is 7. The van der Waals surface area contributed by atoms with Crippen LogP contribution < -0.4 is 0 Å². The molecule has 174 valence electrons. The molecule has 1 fully saturated rings. The normalized spacial score (nSPS) is 15.0. The molecule has 0 spiro atoms. The first-order valence-electron chi connectivity index (χ1n) is 11.0. The number of hydrogen-bond donors (Lipinski definition) is 0. The van der Waals surface area contributed by atoms with E-state index < -0.39 is 4.92 Å². The van der Waals surface area contributed by atoms with Crippen LogP contribution in [0.4, 0.5) is 5.69 Å². The predicted molar refractivity (Wildman–Crippen MR) is 121 cm³/mol. The van der Waals surface area contributed by atoms with Crippen LogP contribution in [0.25, 0.3) is 22.8 Å². The fourth-order valence-electron chi connectivity index (χ4n) is 3.82. The number of nitrogens with zero attached hydrogens (tertiary/aromatic N) is 7. The molecule has 0 atom stereocenters. The molecule has 4 aromatic rings. The second kappa shape index (κ2) is 9.49. The monoisotopic (exact) mass is 461 g/mol. The second-order valence-electron chi connectivity index (χ2n) is 8.25. The summed E-state index contributed by atoms with van der Waals surface area (Å²) in [4.78, 5) is 24.0. The maximum absolute atomic E-state index is 11.0. The van der Waals surface area contributed by atoms with Crippen molar-refractivity contribution in [3.8, 4) is 22.8 Å². The Labute approximate surface area is 195 Å². The molecule has 0 radical (unpaired) electrons. The summed E-state index contributed by atoms with van der Waals surface area (Å²) in [5, 5.41) is 19.1. The molecule has 0 bridgehead atoms. The summed E-state index contributed by atoms with van der Waals surface area (Å²) < 4.78 is 10.8. The van der Waals surface area contributed by atoms with Gasteiger partial charge < -0.3 is 9.05 Å². The van der Waals surface area contributed by atoms with Gasteiger partial charge in [-0.05, 0) is 6.92 Å². The van der Waals surface area contributed by atoms with Crippen molar-refractivity contribution in [1.82, 2.24) is 30.1 Å². The molecule has 0 saturated carbocycles. The highest BCUT2D eigenvalue weighted by Gasteiger charge is 2.22. The van der Waals surface area contributed by atoms with Gasteiger partial charge in [0.1, 0.15) is 0 Å². The first-order valence-corrected chi connectivity index (χ1v) is 11.0. The Kier molecular flexibility index (Phi) is 6.11. The topological polar surface area (TPSA) is 127 Å². The summed E-state index contributed by atoms with van der Waals surface area (Å²) in [6, 6.07) is 14.2. The van der Waals surface area contributed by atoms with Crippen LogP contribution in [0.1, 0.15) is 17.3 Å². The minimum absolute atomic E-state index is 0.00722. The number of hydrogen-bond acceptors (Lipinski definition) is 10. The van der Waals surface area contributed by atoms with E-state index in [1.807, 2.05) is 31.2 Å². The van der Waals surface area contributed by atoms with Crippen LogP contribution in [-0.2, 0) is 13.1 Å². The number of aryl methyl sites for hydroxylation is 1. The van der Waals surface area contributed by atoms with Gasteiger partial charge in [-0.25, -0.2) is 0 Å². The lowest BCUT2D eigenvalue weighted by Crippen LogP contribution is -2.45. The van der Waals surface area contributed by atoms with Crippen LogP contribution in [-0.4, -0.2) is 61.2 Å². The Bertz CT molecular complexity index is 1280. The zero-order valence-electron chi connectivity index (χ0n) is 18.6. The van der Waals surface area contributed by atoms with Crippen LogP contribution in [0.2, 0.25) is 0 Å². The van der Waals surface area contributed by atoms with E-state index in [2.05, 4.69) is 30.1 Å². The number of nitro groups is 1. The third kappa shape index (κ3) is 5.00. The van der Waals surface area contributed by atoms with Crippen LogP contribution in [0.15, 0.2) is 57.6 Å². The molecule has 0 aliphatic carbocycles. The van der Waals surface area contributed by atoms with Gasteiger partial charge in [-0.1, -0.05) is 52.3 Å². The van der Waals surface area contributed by atoms with E-state index in [1.165, 1.54) is 17.7 Å². The smallest absolute Gasteiger partial charge is 0.270 e. The van der Waals surface area contributed by atoms with Crippen LogP contribution in [0, 0.1) is 17.0 Å². The van der Waals surface area contributed by atoms with Gasteiger partial charge in [0.2, 0.25) is 23.4 Å². The predicted octanol–water partition coefficient (Wildman–Crippen LogP) is 3.32.